The van der Waals surface area contributed by atoms with E-state index in [1.165, 1.54) is 11.3 Å². The lowest BCUT2D eigenvalue weighted by atomic mass is 10.2. The highest BCUT2D eigenvalue weighted by Gasteiger charge is 2.16. The van der Waals surface area contributed by atoms with Crippen LogP contribution in [0.15, 0.2) is 48.5 Å². The fourth-order valence-corrected chi connectivity index (χ4v) is 4.05. The Bertz CT molecular complexity index is 887. The number of amides is 1. The van der Waals surface area contributed by atoms with Gasteiger partial charge in [-0.3, -0.25) is 9.69 Å². The number of hydrogen-bond donors (Lipinski definition) is 0. The molecule has 0 unspecified atom stereocenters. The Labute approximate surface area is 171 Å². The van der Waals surface area contributed by atoms with Crippen LogP contribution in [0.5, 0.6) is 0 Å². The molecule has 5 nitrogen and oxygen atoms in total. The van der Waals surface area contributed by atoms with Gasteiger partial charge in [-0.25, -0.2) is 4.98 Å². The normalized spacial score (nSPS) is 11.2. The topological polar surface area (TPSA) is 39.7 Å². The number of carbonyl (C=O) groups is 1. The fraction of sp³-hybridized carbons (Fsp3) is 0.364. The van der Waals surface area contributed by atoms with Gasteiger partial charge in [-0.15, -0.1) is 11.3 Å². The highest BCUT2D eigenvalue weighted by atomic mass is 32.1. The van der Waals surface area contributed by atoms with Crippen molar-refractivity contribution in [1.29, 1.82) is 0 Å². The summed E-state index contributed by atoms with van der Waals surface area (Å²) in [6.07, 6.45) is 0. The van der Waals surface area contributed by atoms with E-state index in [0.717, 1.165) is 28.3 Å². The molecule has 0 atom stereocenters. The van der Waals surface area contributed by atoms with Crippen LogP contribution in [0.25, 0.3) is 10.2 Å². The molecule has 148 valence electrons. The van der Waals surface area contributed by atoms with Gasteiger partial charge >= 0.3 is 0 Å². The highest BCUT2D eigenvalue weighted by Crippen LogP contribution is 2.22. The SMILES string of the molecule is CCN(CC(=O)N(C)Cc1nc2ccccc2s1)Cc1ccc(N(C)C)cc1. The van der Waals surface area contributed by atoms with Crippen molar-refractivity contribution in [2.24, 2.45) is 0 Å². The number of likely N-dealkylation sites (N-methyl/N-ethyl adjacent to an activating group) is 2. The second kappa shape index (κ2) is 9.17. The number of thiazole rings is 1. The van der Waals surface area contributed by atoms with Crippen LogP contribution in [0.4, 0.5) is 5.69 Å². The molecule has 28 heavy (non-hydrogen) atoms. The van der Waals surface area contributed by atoms with Gasteiger partial charge in [0.1, 0.15) is 5.01 Å². The van der Waals surface area contributed by atoms with Crippen molar-refractivity contribution in [3.8, 4) is 0 Å². The molecule has 1 heterocycles. The summed E-state index contributed by atoms with van der Waals surface area (Å²) in [4.78, 5) is 23.4. The van der Waals surface area contributed by atoms with Gasteiger partial charge in [0.2, 0.25) is 5.91 Å². The van der Waals surface area contributed by atoms with Crippen LogP contribution < -0.4 is 4.90 Å². The van der Waals surface area contributed by atoms with Crippen molar-refractivity contribution in [2.45, 2.75) is 20.0 Å². The third-order valence-electron chi connectivity index (χ3n) is 4.80. The molecule has 0 aliphatic rings. The lowest BCUT2D eigenvalue weighted by Gasteiger charge is -2.24. The molecule has 3 rings (SSSR count). The summed E-state index contributed by atoms with van der Waals surface area (Å²) in [6.45, 7) is 4.65. The monoisotopic (exact) mass is 396 g/mol. The first-order chi connectivity index (χ1) is 13.5. The molecule has 1 amide bonds. The first kappa shape index (κ1) is 20.3. The summed E-state index contributed by atoms with van der Waals surface area (Å²) in [6, 6.07) is 16.6. The molecule has 2 aromatic carbocycles. The van der Waals surface area contributed by atoms with Gasteiger partial charge in [-0.1, -0.05) is 31.2 Å². The van der Waals surface area contributed by atoms with Crippen molar-refractivity contribution in [3.63, 3.8) is 0 Å². The molecule has 0 aliphatic heterocycles. The Morgan fingerprint density at radius 3 is 2.36 bits per heavy atom. The van der Waals surface area contributed by atoms with Gasteiger partial charge < -0.3 is 9.80 Å². The predicted octanol–water partition coefficient (Wildman–Crippen LogP) is 3.84. The minimum absolute atomic E-state index is 0.117. The molecule has 0 radical (unpaired) electrons. The minimum Gasteiger partial charge on any atom is -0.378 e. The van der Waals surface area contributed by atoms with Crippen LogP contribution in [-0.2, 0) is 17.9 Å². The van der Waals surface area contributed by atoms with E-state index in [2.05, 4.69) is 52.0 Å². The molecule has 0 N–H and O–H groups in total. The lowest BCUT2D eigenvalue weighted by molar-refractivity contribution is -0.131. The number of hydrogen-bond acceptors (Lipinski definition) is 5. The van der Waals surface area contributed by atoms with E-state index in [0.29, 0.717) is 13.1 Å². The zero-order valence-electron chi connectivity index (χ0n) is 17.1. The van der Waals surface area contributed by atoms with Gasteiger partial charge in [-0.2, -0.15) is 0 Å². The van der Waals surface area contributed by atoms with Crippen molar-refractivity contribution in [3.05, 3.63) is 59.1 Å². The predicted molar refractivity (Wildman–Crippen MR) is 118 cm³/mol. The van der Waals surface area contributed by atoms with Crippen LogP contribution in [-0.4, -0.2) is 54.9 Å². The van der Waals surface area contributed by atoms with Crippen molar-refractivity contribution in [1.82, 2.24) is 14.8 Å². The van der Waals surface area contributed by atoms with E-state index >= 15 is 0 Å². The summed E-state index contributed by atoms with van der Waals surface area (Å²) >= 11 is 1.65. The van der Waals surface area contributed by atoms with Gasteiger partial charge in [0, 0.05) is 33.4 Å². The Morgan fingerprint density at radius 1 is 1.00 bits per heavy atom. The van der Waals surface area contributed by atoms with Crippen molar-refractivity contribution < 1.29 is 4.79 Å². The molecule has 0 fully saturated rings. The average molecular weight is 397 g/mol. The van der Waals surface area contributed by atoms with Crippen LogP contribution in [0.3, 0.4) is 0 Å². The number of aromatic nitrogens is 1. The first-order valence-corrected chi connectivity index (χ1v) is 10.3. The minimum atomic E-state index is 0.117. The smallest absolute Gasteiger partial charge is 0.236 e. The van der Waals surface area contributed by atoms with Gasteiger partial charge in [0.15, 0.2) is 0 Å². The zero-order valence-corrected chi connectivity index (χ0v) is 17.9. The number of fused-ring (bicyclic) bond motifs is 1. The Hall–Kier alpha value is -2.44. The Morgan fingerprint density at radius 2 is 1.71 bits per heavy atom. The number of benzene rings is 2. The van der Waals surface area contributed by atoms with Gasteiger partial charge in [-0.05, 0) is 36.4 Å². The second-order valence-corrected chi connectivity index (χ2v) is 8.30. The molecule has 6 heteroatoms. The maximum Gasteiger partial charge on any atom is 0.236 e. The Kier molecular flexibility index (Phi) is 6.65. The maximum absolute atomic E-state index is 12.7. The second-order valence-electron chi connectivity index (χ2n) is 7.19. The molecule has 0 aliphatic carbocycles. The first-order valence-electron chi connectivity index (χ1n) is 9.53. The number of nitrogens with zero attached hydrogens (tertiary/aromatic N) is 4. The molecule has 1 aromatic heterocycles. The van der Waals surface area contributed by atoms with E-state index < -0.39 is 0 Å². The summed E-state index contributed by atoms with van der Waals surface area (Å²) in [7, 11) is 5.93. The van der Waals surface area contributed by atoms with Crippen molar-refractivity contribution in [2.75, 3.05) is 39.1 Å². The average Bonchev–Trinajstić information content (AvgIpc) is 3.09. The molecule has 0 spiro atoms. The van der Waals surface area contributed by atoms with Gasteiger partial charge in [0.05, 0.1) is 23.3 Å². The number of para-hydroxylation sites is 1. The highest BCUT2D eigenvalue weighted by molar-refractivity contribution is 7.18. The largest absolute Gasteiger partial charge is 0.378 e. The van der Waals surface area contributed by atoms with Crippen LogP contribution >= 0.6 is 11.3 Å². The van der Waals surface area contributed by atoms with E-state index in [-0.39, 0.29) is 5.91 Å². The lowest BCUT2D eigenvalue weighted by Crippen LogP contribution is -2.37. The third-order valence-corrected chi connectivity index (χ3v) is 5.82. The van der Waals surface area contributed by atoms with Crippen LogP contribution in [0, 0.1) is 0 Å². The third kappa shape index (κ3) is 5.09. The van der Waals surface area contributed by atoms with E-state index in [9.17, 15) is 4.79 Å². The van der Waals surface area contributed by atoms with Crippen LogP contribution in [0.2, 0.25) is 0 Å². The van der Waals surface area contributed by atoms with Crippen molar-refractivity contribution >= 4 is 33.1 Å². The number of rotatable bonds is 8. The van der Waals surface area contributed by atoms with E-state index in [1.54, 1.807) is 16.2 Å². The van der Waals surface area contributed by atoms with E-state index in [1.807, 2.05) is 39.3 Å². The summed E-state index contributed by atoms with van der Waals surface area (Å²) < 4.78 is 1.16. The molecule has 3 aromatic rings. The fourth-order valence-electron chi connectivity index (χ4n) is 3.03. The standard InChI is InChI=1S/C22H28N4OS/c1-5-26(14-17-10-12-18(13-11-17)24(2)3)16-22(27)25(4)15-21-23-19-8-6-7-9-20(19)28-21/h6-13H,5,14-16H2,1-4H3. The maximum atomic E-state index is 12.7. The Balaban J connectivity index is 1.57. The summed E-state index contributed by atoms with van der Waals surface area (Å²) in [5.41, 5.74) is 3.40. The number of carbonyl (C=O) groups excluding carboxylic acids is 1. The number of anilines is 1. The molecule has 0 bridgehead atoms. The van der Waals surface area contributed by atoms with Gasteiger partial charge in [0.25, 0.3) is 0 Å². The quantitative estimate of drug-likeness (QED) is 0.580. The molecule has 0 saturated heterocycles. The molecular weight excluding hydrogens is 368 g/mol. The molecular formula is C22H28N4OS. The summed E-state index contributed by atoms with van der Waals surface area (Å²) in [5, 5.41) is 0.972. The van der Waals surface area contributed by atoms with Crippen LogP contribution in [0.1, 0.15) is 17.5 Å². The zero-order chi connectivity index (χ0) is 20.1. The van der Waals surface area contributed by atoms with E-state index in [4.69, 9.17) is 0 Å². The summed E-state index contributed by atoms with van der Waals surface area (Å²) in [5.74, 6) is 0.117. The molecule has 0 saturated carbocycles.